The van der Waals surface area contributed by atoms with Gasteiger partial charge in [0.05, 0.1) is 71.6 Å². The Morgan fingerprint density at radius 2 is 1.28 bits per heavy atom. The lowest BCUT2D eigenvalue weighted by molar-refractivity contribution is -0.328. The van der Waals surface area contributed by atoms with Gasteiger partial charge in [0.1, 0.15) is 41.1 Å². The number of benzene rings is 2. The van der Waals surface area contributed by atoms with Crippen LogP contribution in [-0.4, -0.2) is 153 Å². The molecule has 2 aromatic carbocycles. The first-order valence-corrected chi connectivity index (χ1v) is 20.3. The van der Waals surface area contributed by atoms with Crippen LogP contribution in [0.25, 0.3) is 0 Å². The van der Waals surface area contributed by atoms with Gasteiger partial charge in [-0.3, -0.25) is 14.4 Å². The molecule has 2 aromatic rings. The number of ketones is 2. The minimum atomic E-state index is -1.98. The second-order valence-corrected chi connectivity index (χ2v) is 16.8. The monoisotopic (exact) mass is 845 g/mol. The van der Waals surface area contributed by atoms with Crippen molar-refractivity contribution in [3.05, 3.63) is 45.5 Å². The summed E-state index contributed by atoms with van der Waals surface area (Å²) in [7, 11) is 4.74. The zero-order chi connectivity index (χ0) is 43.7. The first-order valence-electron chi connectivity index (χ1n) is 20.3. The second kappa shape index (κ2) is 16.7. The van der Waals surface area contributed by atoms with E-state index >= 15 is 0 Å². The minimum absolute atomic E-state index is 0.0786. The number of phenols is 4. The Hall–Kier alpha value is -3.95. The van der Waals surface area contributed by atoms with Gasteiger partial charge in [0.2, 0.25) is 11.6 Å². The summed E-state index contributed by atoms with van der Waals surface area (Å²) in [5.74, 6) is -7.91. The molecular weight excluding hydrogens is 790 g/mol. The van der Waals surface area contributed by atoms with E-state index in [4.69, 9.17) is 33.2 Å². The number of carbonyl (C=O) groups is 3. The van der Waals surface area contributed by atoms with Gasteiger partial charge in [-0.15, -0.1) is 0 Å². The number of aromatic hydroxyl groups is 4. The molecule has 18 nitrogen and oxygen atoms in total. The van der Waals surface area contributed by atoms with Gasteiger partial charge in [0.25, 0.3) is 0 Å². The molecule has 18 heteroatoms. The SMILES string of the molecule is CCC1(O)CC(OC2CC(N(C)C)C(OC3CC(O)C(OC4CCC(O)C(C)O4)C(C)O3)C(C)O2)c2c(O)c3c(c(O)c2C1C(=O)OC)C(=O)c1c(O)ccc(O)c1C3=O. The van der Waals surface area contributed by atoms with E-state index in [-0.39, 0.29) is 31.2 Å². The Balaban J connectivity index is 1.16. The second-order valence-electron chi connectivity index (χ2n) is 16.8. The van der Waals surface area contributed by atoms with Crippen LogP contribution >= 0.6 is 0 Å². The fourth-order valence-electron chi connectivity index (χ4n) is 9.53. The Labute approximate surface area is 346 Å². The number of hydrogen-bond acceptors (Lipinski definition) is 18. The van der Waals surface area contributed by atoms with Crippen molar-refractivity contribution in [3.8, 4) is 23.0 Å². The third kappa shape index (κ3) is 7.54. The molecular formula is C42H55NO17. The van der Waals surface area contributed by atoms with E-state index in [0.717, 1.165) is 19.2 Å². The largest absolute Gasteiger partial charge is 0.507 e. The van der Waals surface area contributed by atoms with Crippen LogP contribution in [0.2, 0.25) is 0 Å². The van der Waals surface area contributed by atoms with Crippen LogP contribution in [-0.2, 0) is 38.0 Å². The molecule has 3 heterocycles. The van der Waals surface area contributed by atoms with Gasteiger partial charge in [-0.25, -0.2) is 0 Å². The normalized spacial score (nSPS) is 36.7. The highest BCUT2D eigenvalue weighted by molar-refractivity contribution is 6.32. The van der Waals surface area contributed by atoms with Crippen LogP contribution in [0, 0.1) is 0 Å². The van der Waals surface area contributed by atoms with Crippen molar-refractivity contribution < 1.29 is 83.3 Å². The number of likely N-dealkylation sites (N-methyl/N-ethyl adjacent to an activating group) is 1. The fourth-order valence-corrected chi connectivity index (χ4v) is 9.53. The van der Waals surface area contributed by atoms with E-state index in [1.807, 2.05) is 19.0 Å². The van der Waals surface area contributed by atoms with Crippen LogP contribution in [0.15, 0.2) is 12.1 Å². The predicted octanol–water partition coefficient (Wildman–Crippen LogP) is 2.36. The maximum atomic E-state index is 14.0. The lowest BCUT2D eigenvalue weighted by Gasteiger charge is -2.48. The molecule has 0 bridgehead atoms. The van der Waals surface area contributed by atoms with Crippen LogP contribution in [0.5, 0.6) is 23.0 Å². The summed E-state index contributed by atoms with van der Waals surface area (Å²) in [4.78, 5) is 43.3. The molecule has 2 aliphatic carbocycles. The lowest BCUT2D eigenvalue weighted by atomic mass is 9.66. The van der Waals surface area contributed by atoms with Gasteiger partial charge in [-0.05, 0) is 59.8 Å². The summed E-state index contributed by atoms with van der Waals surface area (Å²) in [6, 6.07) is 1.60. The van der Waals surface area contributed by atoms with E-state index in [1.54, 1.807) is 27.7 Å². The highest BCUT2D eigenvalue weighted by Crippen LogP contribution is 2.58. The average Bonchev–Trinajstić information content (AvgIpc) is 3.19. The molecule has 7 N–H and O–H groups in total. The number of nitrogens with zero attached hydrogens (tertiary/aromatic N) is 1. The Bertz CT molecular complexity index is 1990. The van der Waals surface area contributed by atoms with Gasteiger partial charge in [0, 0.05) is 42.9 Å². The highest BCUT2D eigenvalue weighted by Gasteiger charge is 2.55. The van der Waals surface area contributed by atoms with Crippen LogP contribution in [0.3, 0.4) is 0 Å². The topological polar surface area (TPSA) is 261 Å². The van der Waals surface area contributed by atoms with Crippen molar-refractivity contribution in [3.63, 3.8) is 0 Å². The summed E-state index contributed by atoms with van der Waals surface area (Å²) < 4.78 is 42.5. The van der Waals surface area contributed by atoms with Gasteiger partial charge in [-0.1, -0.05) is 6.92 Å². The number of aliphatic hydroxyl groups excluding tert-OH is 2. The molecule has 0 saturated carbocycles. The maximum absolute atomic E-state index is 14.0. The molecule has 14 atom stereocenters. The lowest BCUT2D eigenvalue weighted by Crippen LogP contribution is -2.58. The summed E-state index contributed by atoms with van der Waals surface area (Å²) in [5.41, 5.74) is -5.25. The van der Waals surface area contributed by atoms with Crippen LogP contribution < -0.4 is 0 Å². The molecule has 0 spiro atoms. The van der Waals surface area contributed by atoms with Crippen LogP contribution in [0.4, 0.5) is 0 Å². The number of aliphatic hydroxyl groups is 3. The maximum Gasteiger partial charge on any atom is 0.316 e. The van der Waals surface area contributed by atoms with Gasteiger partial charge < -0.3 is 73.8 Å². The highest BCUT2D eigenvalue weighted by atomic mass is 16.7. The third-order valence-corrected chi connectivity index (χ3v) is 12.8. The number of phenolic OH excluding ortho intramolecular Hbond substituents is 4. The number of fused-ring (bicyclic) bond motifs is 3. The molecule has 7 rings (SSSR count). The zero-order valence-electron chi connectivity index (χ0n) is 34.6. The number of rotatable bonds is 9. The first kappa shape index (κ1) is 44.1. The number of esters is 1. The molecule has 3 aliphatic heterocycles. The van der Waals surface area contributed by atoms with E-state index < -0.39 is 154 Å². The van der Waals surface area contributed by atoms with Crippen molar-refractivity contribution in [2.45, 2.75) is 151 Å². The summed E-state index contributed by atoms with van der Waals surface area (Å²) in [5, 5.41) is 78.5. The molecule has 5 aliphatic rings. The van der Waals surface area contributed by atoms with E-state index in [9.17, 15) is 50.1 Å². The molecule has 3 saturated heterocycles. The van der Waals surface area contributed by atoms with E-state index in [2.05, 4.69) is 0 Å². The van der Waals surface area contributed by atoms with Crippen molar-refractivity contribution in [2.75, 3.05) is 21.2 Å². The Morgan fingerprint density at radius 3 is 1.82 bits per heavy atom. The Kier molecular flexibility index (Phi) is 12.3. The zero-order valence-corrected chi connectivity index (χ0v) is 34.6. The molecule has 3 fully saturated rings. The first-order chi connectivity index (χ1) is 28.3. The molecule has 330 valence electrons. The van der Waals surface area contributed by atoms with Crippen molar-refractivity contribution >= 4 is 17.5 Å². The van der Waals surface area contributed by atoms with Crippen molar-refractivity contribution in [2.24, 2.45) is 0 Å². The van der Waals surface area contributed by atoms with E-state index in [0.29, 0.717) is 12.8 Å². The summed E-state index contributed by atoms with van der Waals surface area (Å²) >= 11 is 0. The standard InChI is InChI=1S/C42H55NO17/c1-8-42(53)15-24(30-31(34(42)41(52)54-7)38(51)33-32(37(30)50)35(48)28-21(45)9-10-22(46)29(28)36(33)49)58-26-13-19(43(5)6)39(17(3)56-26)60-27-14-23(47)40(18(4)57-27)59-25-12-11-20(44)16(2)55-25/h9-10,16-20,23-27,34,39-40,44-47,50-51,53H,8,11-15H2,1-7H3. The van der Waals surface area contributed by atoms with Gasteiger partial charge >= 0.3 is 5.97 Å². The minimum Gasteiger partial charge on any atom is -0.507 e. The Morgan fingerprint density at radius 1 is 0.750 bits per heavy atom. The van der Waals surface area contributed by atoms with Crippen molar-refractivity contribution in [1.29, 1.82) is 0 Å². The summed E-state index contributed by atoms with van der Waals surface area (Å²) in [6.07, 6.45) is -7.68. The molecule has 60 heavy (non-hydrogen) atoms. The number of carbonyl (C=O) groups excluding carboxylic acids is 3. The van der Waals surface area contributed by atoms with E-state index in [1.165, 1.54) is 0 Å². The predicted molar refractivity (Wildman–Crippen MR) is 206 cm³/mol. The quantitative estimate of drug-likeness (QED) is 0.120. The molecule has 0 aromatic heterocycles. The smallest absolute Gasteiger partial charge is 0.316 e. The number of ether oxygens (including phenoxy) is 7. The van der Waals surface area contributed by atoms with Crippen molar-refractivity contribution in [1.82, 2.24) is 4.90 Å². The molecule has 14 unspecified atom stereocenters. The van der Waals surface area contributed by atoms with Gasteiger partial charge in [0.15, 0.2) is 18.9 Å². The van der Waals surface area contributed by atoms with Crippen LogP contribution in [0.1, 0.15) is 121 Å². The molecule has 0 amide bonds. The molecule has 0 radical (unpaired) electrons. The van der Waals surface area contributed by atoms with Gasteiger partial charge in [-0.2, -0.15) is 0 Å². The number of hydrogen-bond donors (Lipinski definition) is 7. The summed E-state index contributed by atoms with van der Waals surface area (Å²) in [6.45, 7) is 6.88. The third-order valence-electron chi connectivity index (χ3n) is 12.8. The fraction of sp³-hybridized carbons (Fsp3) is 0.643. The average molecular weight is 846 g/mol. The number of methoxy groups -OCH3 is 1.